The van der Waals surface area contributed by atoms with Crippen molar-refractivity contribution in [3.05, 3.63) is 33.1 Å². The molecule has 22 heavy (non-hydrogen) atoms. The average molecular weight is 338 g/mol. The van der Waals surface area contributed by atoms with E-state index in [1.165, 1.54) is 0 Å². The molecule has 0 unspecified atom stereocenters. The van der Waals surface area contributed by atoms with Gasteiger partial charge in [0.25, 0.3) is 5.56 Å². The summed E-state index contributed by atoms with van der Waals surface area (Å²) in [4.78, 5) is 53.0. The Morgan fingerprint density at radius 2 is 2.05 bits per heavy atom. The number of carboxylic acid groups (broad SMARTS) is 1. The molecule has 0 spiro atoms. The standard InChI is InChI=1S/C9H11N2O10P/c12-3-1-2-11(9(16)10-3)7-4(13)5(21-22(17,18)19)6(20-7)8(14)15/h1-2,4-7,13H,(H,14,15)(H,10,12,16)(H2,17,18,19)/t4-,5+,6+,7-/m1/s1. The minimum atomic E-state index is -5.12. The summed E-state index contributed by atoms with van der Waals surface area (Å²) in [6, 6.07) is 0.921. The first kappa shape index (κ1) is 16.5. The van der Waals surface area contributed by atoms with Gasteiger partial charge >= 0.3 is 19.5 Å². The van der Waals surface area contributed by atoms with Crippen LogP contribution in [0.1, 0.15) is 6.23 Å². The normalized spacial score (nSPS) is 28.7. The van der Waals surface area contributed by atoms with Gasteiger partial charge in [-0.25, -0.2) is 14.2 Å². The lowest BCUT2D eigenvalue weighted by Crippen LogP contribution is -2.39. The van der Waals surface area contributed by atoms with E-state index in [4.69, 9.17) is 19.6 Å². The van der Waals surface area contributed by atoms with Gasteiger partial charge in [-0.2, -0.15) is 0 Å². The number of H-pyrrole nitrogens is 1. The van der Waals surface area contributed by atoms with Crippen molar-refractivity contribution in [2.45, 2.75) is 24.5 Å². The first-order valence-corrected chi connectivity index (χ1v) is 7.25. The van der Waals surface area contributed by atoms with Gasteiger partial charge in [0, 0.05) is 12.3 Å². The van der Waals surface area contributed by atoms with Crippen molar-refractivity contribution >= 4 is 13.8 Å². The van der Waals surface area contributed by atoms with Crippen molar-refractivity contribution in [3.8, 4) is 0 Å². The molecule has 5 N–H and O–H groups in total. The van der Waals surface area contributed by atoms with Crippen LogP contribution in [0.5, 0.6) is 0 Å². The third-order valence-electron chi connectivity index (χ3n) is 2.84. The van der Waals surface area contributed by atoms with E-state index in [0.717, 1.165) is 12.3 Å². The van der Waals surface area contributed by atoms with Crippen molar-refractivity contribution in [2.24, 2.45) is 0 Å². The molecule has 2 heterocycles. The number of phosphoric ester groups is 1. The number of phosphoric acid groups is 1. The summed E-state index contributed by atoms with van der Waals surface area (Å²) in [7, 11) is -5.12. The molecule has 0 saturated carbocycles. The van der Waals surface area contributed by atoms with Crippen molar-refractivity contribution in [2.75, 3.05) is 0 Å². The number of aliphatic hydroxyl groups is 1. The third-order valence-corrected chi connectivity index (χ3v) is 3.36. The van der Waals surface area contributed by atoms with Crippen LogP contribution in [0.2, 0.25) is 0 Å². The minimum Gasteiger partial charge on any atom is -0.479 e. The highest BCUT2D eigenvalue weighted by Crippen LogP contribution is 2.43. The van der Waals surface area contributed by atoms with Gasteiger partial charge in [0.15, 0.2) is 12.3 Å². The summed E-state index contributed by atoms with van der Waals surface area (Å²) in [6.07, 6.45) is -6.39. The molecule has 0 aliphatic carbocycles. The van der Waals surface area contributed by atoms with E-state index in [0.29, 0.717) is 4.57 Å². The van der Waals surface area contributed by atoms with E-state index in [1.807, 2.05) is 4.98 Å². The van der Waals surface area contributed by atoms with Gasteiger partial charge in [-0.05, 0) is 0 Å². The van der Waals surface area contributed by atoms with E-state index >= 15 is 0 Å². The van der Waals surface area contributed by atoms with Gasteiger partial charge in [-0.15, -0.1) is 0 Å². The summed E-state index contributed by atoms with van der Waals surface area (Å²) >= 11 is 0. The Bertz CT molecular complexity index is 734. The van der Waals surface area contributed by atoms with Gasteiger partial charge in [0.1, 0.15) is 12.2 Å². The molecular formula is C9H11N2O10P. The number of aliphatic carboxylic acids is 1. The molecule has 0 aromatic carbocycles. The molecule has 4 atom stereocenters. The highest BCUT2D eigenvalue weighted by molar-refractivity contribution is 7.46. The Morgan fingerprint density at radius 3 is 2.55 bits per heavy atom. The van der Waals surface area contributed by atoms with E-state index < -0.39 is 49.6 Å². The number of nitrogens with zero attached hydrogens (tertiary/aromatic N) is 1. The Kier molecular flexibility index (Phi) is 4.33. The van der Waals surface area contributed by atoms with Crippen LogP contribution in [-0.4, -0.2) is 53.8 Å². The number of rotatable bonds is 4. The molecule has 12 nitrogen and oxygen atoms in total. The smallest absolute Gasteiger partial charge is 0.470 e. The Balaban J connectivity index is 2.39. The maximum absolute atomic E-state index is 11.6. The number of hydrogen-bond donors (Lipinski definition) is 5. The lowest BCUT2D eigenvalue weighted by Gasteiger charge is -2.19. The predicted octanol–water partition coefficient (Wildman–Crippen LogP) is -2.64. The molecular weight excluding hydrogens is 327 g/mol. The van der Waals surface area contributed by atoms with Crippen LogP contribution in [0.4, 0.5) is 0 Å². The van der Waals surface area contributed by atoms with E-state index in [1.54, 1.807) is 0 Å². The number of aromatic amines is 1. The van der Waals surface area contributed by atoms with Gasteiger partial charge in [-0.3, -0.25) is 18.9 Å². The summed E-state index contributed by atoms with van der Waals surface area (Å²) < 4.78 is 20.7. The minimum absolute atomic E-state index is 0.672. The Labute approximate surface area is 120 Å². The maximum atomic E-state index is 11.6. The summed E-state index contributed by atoms with van der Waals surface area (Å²) in [5.74, 6) is -1.66. The fraction of sp³-hybridized carbons (Fsp3) is 0.444. The topological polar surface area (TPSA) is 188 Å². The number of carboxylic acids is 1. The van der Waals surface area contributed by atoms with Gasteiger partial charge < -0.3 is 24.7 Å². The SMILES string of the molecule is O=C(O)[C@H]1O[C@@H](n2ccc(=O)[nH]c2=O)[C@H](O)[C@@H]1OP(=O)(O)O. The molecule has 1 aliphatic rings. The number of nitrogens with one attached hydrogen (secondary N) is 1. The molecule has 122 valence electrons. The molecule has 1 aromatic rings. The molecule has 0 amide bonds. The van der Waals surface area contributed by atoms with Crippen LogP contribution in [0.3, 0.4) is 0 Å². The molecule has 1 fully saturated rings. The van der Waals surface area contributed by atoms with Crippen LogP contribution < -0.4 is 11.2 Å². The second kappa shape index (κ2) is 5.76. The van der Waals surface area contributed by atoms with Gasteiger partial charge in [0.2, 0.25) is 0 Å². The fourth-order valence-corrected chi connectivity index (χ4v) is 2.53. The summed E-state index contributed by atoms with van der Waals surface area (Å²) in [5, 5.41) is 18.9. The highest BCUT2D eigenvalue weighted by Gasteiger charge is 2.51. The second-order valence-electron chi connectivity index (χ2n) is 4.35. The molecule has 1 saturated heterocycles. The first-order valence-electron chi connectivity index (χ1n) is 5.72. The molecule has 0 bridgehead atoms. The Hall–Kier alpha value is -1.82. The molecule has 0 radical (unpaired) electrons. The van der Waals surface area contributed by atoms with Crippen LogP contribution in [0, 0.1) is 0 Å². The fourth-order valence-electron chi connectivity index (χ4n) is 1.98. The second-order valence-corrected chi connectivity index (χ2v) is 5.55. The zero-order valence-electron chi connectivity index (χ0n) is 10.6. The monoisotopic (exact) mass is 338 g/mol. The zero-order valence-corrected chi connectivity index (χ0v) is 11.5. The van der Waals surface area contributed by atoms with Crippen LogP contribution >= 0.6 is 7.82 Å². The van der Waals surface area contributed by atoms with Crippen molar-refractivity contribution in [3.63, 3.8) is 0 Å². The summed E-state index contributed by atoms with van der Waals surface area (Å²) in [6.45, 7) is 0. The molecule has 2 rings (SSSR count). The Morgan fingerprint density at radius 1 is 1.41 bits per heavy atom. The highest BCUT2D eigenvalue weighted by atomic mass is 31.2. The first-order chi connectivity index (χ1) is 10.1. The maximum Gasteiger partial charge on any atom is 0.470 e. The van der Waals surface area contributed by atoms with E-state index in [9.17, 15) is 24.1 Å². The molecule has 1 aliphatic heterocycles. The number of aromatic nitrogens is 2. The van der Waals surface area contributed by atoms with Gasteiger partial charge in [0.05, 0.1) is 0 Å². The van der Waals surface area contributed by atoms with Crippen molar-refractivity contribution in [1.82, 2.24) is 9.55 Å². The van der Waals surface area contributed by atoms with Crippen LogP contribution in [-0.2, 0) is 18.6 Å². The van der Waals surface area contributed by atoms with Crippen molar-refractivity contribution < 1.29 is 38.6 Å². The van der Waals surface area contributed by atoms with E-state index in [-0.39, 0.29) is 0 Å². The lowest BCUT2D eigenvalue weighted by molar-refractivity contribution is -0.155. The number of ether oxygens (including phenoxy) is 1. The number of hydrogen-bond acceptors (Lipinski definition) is 7. The van der Waals surface area contributed by atoms with Crippen LogP contribution in [0.15, 0.2) is 21.9 Å². The average Bonchev–Trinajstić information content (AvgIpc) is 2.66. The largest absolute Gasteiger partial charge is 0.479 e. The lowest BCUT2D eigenvalue weighted by atomic mass is 10.1. The van der Waals surface area contributed by atoms with E-state index in [2.05, 4.69) is 4.52 Å². The number of carbonyl (C=O) groups is 1. The molecule has 1 aromatic heterocycles. The van der Waals surface area contributed by atoms with Gasteiger partial charge in [-0.1, -0.05) is 0 Å². The predicted molar refractivity (Wildman–Crippen MR) is 65.8 cm³/mol. The number of aliphatic hydroxyl groups excluding tert-OH is 1. The molecule has 13 heteroatoms. The van der Waals surface area contributed by atoms with Crippen LogP contribution in [0.25, 0.3) is 0 Å². The third kappa shape index (κ3) is 3.32. The van der Waals surface area contributed by atoms with Crippen molar-refractivity contribution in [1.29, 1.82) is 0 Å². The summed E-state index contributed by atoms with van der Waals surface area (Å²) in [5.41, 5.74) is -1.73. The zero-order chi connectivity index (χ0) is 16.7. The quantitative estimate of drug-likeness (QED) is 0.363.